The van der Waals surface area contributed by atoms with E-state index in [4.69, 9.17) is 0 Å². The molecular weight excluding hydrogens is 182 g/mol. The van der Waals surface area contributed by atoms with Crippen LogP contribution >= 0.6 is 0 Å². The van der Waals surface area contributed by atoms with Crippen molar-refractivity contribution in [3.63, 3.8) is 0 Å². The van der Waals surface area contributed by atoms with E-state index in [0.717, 1.165) is 0 Å². The minimum absolute atomic E-state index is 2.97. The van der Waals surface area contributed by atoms with E-state index in [2.05, 4.69) is 29.0 Å². The fraction of sp³-hybridized carbons (Fsp3) is 0. The van der Waals surface area contributed by atoms with Gasteiger partial charge in [0.25, 0.3) is 0 Å². The molecule has 0 aliphatic carbocycles. The van der Waals surface area contributed by atoms with Crippen LogP contribution in [0.15, 0.2) is 0 Å². The second-order valence-electron chi connectivity index (χ2n) is 0.328. The maximum absolute atomic E-state index is 9.33. The second kappa shape index (κ2) is 1.60. The van der Waals surface area contributed by atoms with Gasteiger partial charge in [0.15, 0.2) is 0 Å². The molecule has 0 aromatic carbocycles. The molecule has 0 aromatic heterocycles. The van der Waals surface area contributed by atoms with Crippen molar-refractivity contribution < 1.29 is 37.4 Å². The summed E-state index contributed by atoms with van der Waals surface area (Å²) in [5, 5.41) is 0. The van der Waals surface area contributed by atoms with Crippen LogP contribution in [0.25, 0.3) is 0 Å². The van der Waals surface area contributed by atoms with Gasteiger partial charge in [0.05, 0.1) is 0 Å². The van der Waals surface area contributed by atoms with Crippen molar-refractivity contribution in [3.05, 3.63) is 0 Å². The van der Waals surface area contributed by atoms with Crippen LogP contribution in [0.5, 0.6) is 0 Å². The summed E-state index contributed by atoms with van der Waals surface area (Å²) >= 11 is 6.37. The van der Waals surface area contributed by atoms with Crippen molar-refractivity contribution >= 4 is 6.83 Å². The van der Waals surface area contributed by atoms with E-state index >= 15 is 0 Å². The average Bonchev–Trinajstić information content (AvgIpc) is 0.722. The molecule has 0 aliphatic rings. The van der Waals surface area contributed by atoms with Crippen molar-refractivity contribution in [1.82, 2.24) is 0 Å². The van der Waals surface area contributed by atoms with Gasteiger partial charge in [-0.1, -0.05) is 0 Å². The Kier molecular flexibility index (Phi) is 1.90. The van der Waals surface area contributed by atoms with Crippen molar-refractivity contribution in [3.8, 4) is 0 Å². The van der Waals surface area contributed by atoms with Gasteiger partial charge < -0.3 is 0 Å². The number of rotatable bonds is 0. The van der Waals surface area contributed by atoms with Crippen LogP contribution in [0.3, 0.4) is 0 Å². The van der Waals surface area contributed by atoms with Crippen molar-refractivity contribution in [1.29, 1.82) is 0 Å². The first-order chi connectivity index (χ1) is 2.00. The summed E-state index contributed by atoms with van der Waals surface area (Å²) in [5.41, 5.74) is 0. The Labute approximate surface area is 44.4 Å². The van der Waals surface area contributed by atoms with E-state index < -0.39 is 6.83 Å². The molecule has 0 heterocycles. The molecule has 0 spiro atoms. The molecule has 0 saturated carbocycles. The first-order valence-corrected chi connectivity index (χ1v) is 4.28. The van der Waals surface area contributed by atoms with Gasteiger partial charge in [0, 0.05) is 0 Å². The Morgan fingerprint density at radius 3 is 1.60 bits per heavy atom. The minimum atomic E-state index is -3.35. The summed E-state index contributed by atoms with van der Waals surface area (Å²) < 4.78 is 18.7. The zero-order chi connectivity index (χ0) is 4.50. The molecule has 0 radical (unpaired) electrons. The molecule has 0 amide bonds. The molecule has 0 rings (SSSR count). The molecule has 0 unspecified atom stereocenters. The summed E-state index contributed by atoms with van der Waals surface area (Å²) in [4.78, 5) is 0. The van der Waals surface area contributed by atoms with Gasteiger partial charge in [0.1, 0.15) is 0 Å². The van der Waals surface area contributed by atoms with Gasteiger partial charge in [-0.05, 0) is 0 Å². The molecule has 0 atom stereocenters. The Morgan fingerprint density at radius 1 is 1.60 bits per heavy atom. The Hall–Kier alpha value is 0.950. The third kappa shape index (κ3) is 47.7. The molecule has 5 heavy (non-hydrogen) atoms. The third-order valence-corrected chi connectivity index (χ3v) is 0. The fourth-order valence-corrected chi connectivity index (χ4v) is 0. The van der Waals surface area contributed by atoms with Gasteiger partial charge >= 0.3 is 44.2 Å². The molecule has 0 aliphatic heterocycles. The summed E-state index contributed by atoms with van der Waals surface area (Å²) in [5.74, 6) is 0. The van der Waals surface area contributed by atoms with Crippen LogP contribution in [-0.4, -0.2) is 8.42 Å². The van der Waals surface area contributed by atoms with Crippen LogP contribution in [0.1, 0.15) is 0 Å². The predicted molar refractivity (Wildman–Crippen MR) is 8.92 cm³/mol. The monoisotopic (exact) mass is 181 g/mol. The van der Waals surface area contributed by atoms with E-state index in [-0.39, 0.29) is 0 Å². The van der Waals surface area contributed by atoms with E-state index in [1.54, 1.807) is 0 Å². The number of hydrogen-bond acceptors (Lipinski definition) is 2. The third-order valence-electron chi connectivity index (χ3n) is 0. The van der Waals surface area contributed by atoms with Crippen molar-refractivity contribution in [2.45, 2.75) is 0 Å². The average molecular weight is 182 g/mol. The molecule has 37 valence electrons. The van der Waals surface area contributed by atoms with Crippen molar-refractivity contribution in [2.24, 2.45) is 0 Å². The molecular formula is CoNiO2S. The van der Waals surface area contributed by atoms with E-state index in [9.17, 15) is 8.42 Å². The standard InChI is InChI=1S/Co.Ni.O2S/c;;1-3-2. The van der Waals surface area contributed by atoms with Gasteiger partial charge in [-0.2, -0.15) is 0 Å². The van der Waals surface area contributed by atoms with E-state index in [0.29, 0.717) is 0 Å². The molecule has 0 saturated heterocycles. The van der Waals surface area contributed by atoms with Crippen LogP contribution in [-0.2, 0) is 35.8 Å². The van der Waals surface area contributed by atoms with Crippen LogP contribution in [0.4, 0.5) is 0 Å². The fourth-order valence-electron chi connectivity index (χ4n) is 0. The summed E-state index contributed by atoms with van der Waals surface area (Å²) in [6, 6.07) is 0. The van der Waals surface area contributed by atoms with Gasteiger partial charge in [-0.25, -0.2) is 0 Å². The van der Waals surface area contributed by atoms with E-state index in [1.165, 1.54) is 0 Å². The summed E-state index contributed by atoms with van der Waals surface area (Å²) in [7, 11) is 0. The Bertz CT molecular complexity index is 92.8. The van der Waals surface area contributed by atoms with Crippen LogP contribution in [0, 0.1) is 0 Å². The quantitative estimate of drug-likeness (QED) is 0.465. The molecule has 0 fully saturated rings. The first-order valence-electron chi connectivity index (χ1n) is 0.599. The zero-order valence-corrected chi connectivity index (χ0v) is 4.72. The summed E-state index contributed by atoms with van der Waals surface area (Å²) in [6.07, 6.45) is 0. The molecule has 2 nitrogen and oxygen atoms in total. The second-order valence-corrected chi connectivity index (χ2v) is 5.08. The van der Waals surface area contributed by atoms with E-state index in [1.807, 2.05) is 0 Å². The van der Waals surface area contributed by atoms with Gasteiger partial charge in [-0.3, -0.25) is 0 Å². The maximum atomic E-state index is 9.33. The van der Waals surface area contributed by atoms with Crippen molar-refractivity contribution in [2.75, 3.05) is 0 Å². The molecule has 0 bridgehead atoms. The number of hydrogen-bond donors (Lipinski definition) is 0. The molecule has 5 heteroatoms. The Balaban J connectivity index is 4.06. The Morgan fingerprint density at radius 2 is 1.60 bits per heavy atom. The van der Waals surface area contributed by atoms with Crippen LogP contribution < -0.4 is 0 Å². The molecule has 0 N–H and O–H groups in total. The van der Waals surface area contributed by atoms with Crippen LogP contribution in [0.2, 0.25) is 0 Å². The first kappa shape index (κ1) is 5.95. The molecule has 0 aromatic rings. The normalized spacial score (nSPS) is 12.0. The zero-order valence-electron chi connectivity index (χ0n) is 1.87. The topological polar surface area (TPSA) is 34.1 Å². The van der Waals surface area contributed by atoms with Gasteiger partial charge in [0.2, 0.25) is 0 Å². The summed E-state index contributed by atoms with van der Waals surface area (Å²) in [6.45, 7) is -3.35. The van der Waals surface area contributed by atoms with Gasteiger partial charge in [-0.15, -0.1) is 0 Å². The SMILES string of the molecule is O=[S](=O)([Co])[Ni]. The predicted octanol–water partition coefficient (Wildman–Crippen LogP) is -0.675.